The Kier molecular flexibility index (Phi) is 24.7. The lowest BCUT2D eigenvalue weighted by Crippen LogP contribution is -2.57. The lowest BCUT2D eigenvalue weighted by Gasteiger charge is -2.35. The van der Waals surface area contributed by atoms with Crippen LogP contribution in [0.3, 0.4) is 0 Å². The van der Waals surface area contributed by atoms with Crippen molar-refractivity contribution in [3.8, 4) is 16.2 Å². The number of ether oxygens (including phenoxy) is 4. The number of anilines is 3. The Morgan fingerprint density at radius 1 is 0.895 bits per heavy atom. The maximum Gasteiger partial charge on any atom is 0.248 e. The van der Waals surface area contributed by atoms with Crippen LogP contribution in [0, 0.1) is 18.2 Å². The number of unbranched alkanes of at least 4 members (excludes halogenated alkanes) is 4. The summed E-state index contributed by atoms with van der Waals surface area (Å²) in [6, 6.07) is 13.9. The van der Waals surface area contributed by atoms with E-state index in [1.807, 2.05) is 69.7 Å². The maximum atomic E-state index is 14.1. The number of β-amino-alcohol motifs (C(OH)–C–C–N with tert-alkyl or cyclic N) is 1. The number of piperidine rings is 1. The molecule has 2 fully saturated rings. The van der Waals surface area contributed by atoms with Crippen molar-refractivity contribution < 1.29 is 47.6 Å². The molecule has 0 saturated carbocycles. The number of nitrogens with zero attached hydrogens (tertiary/aromatic N) is 8. The van der Waals surface area contributed by atoms with Gasteiger partial charge in [-0.15, -0.1) is 16.4 Å². The van der Waals surface area contributed by atoms with E-state index in [9.17, 15) is 28.7 Å². The number of carbonyl (C=O) groups is 4. The fraction of sp³-hybridized carbons (Fsp3) is 0.500. The summed E-state index contributed by atoms with van der Waals surface area (Å²) >= 11 is 7.61. The van der Waals surface area contributed by atoms with Crippen LogP contribution in [0.2, 0.25) is 5.02 Å². The predicted molar refractivity (Wildman–Crippen MR) is 328 cm³/mol. The third-order valence-electron chi connectivity index (χ3n) is 14.8. The molecule has 21 nitrogen and oxygen atoms in total. The predicted octanol–water partition coefficient (Wildman–Crippen LogP) is 8.95. The average molecular weight is 1220 g/mol. The molecule has 462 valence electrons. The number of amides is 4. The van der Waals surface area contributed by atoms with Crippen LogP contribution in [-0.2, 0) is 53.1 Å². The summed E-state index contributed by atoms with van der Waals surface area (Å²) in [5, 5.41) is 31.7. The summed E-state index contributed by atoms with van der Waals surface area (Å²) < 4.78 is 39.1. The number of aliphatic hydroxyl groups is 1. The van der Waals surface area contributed by atoms with Gasteiger partial charge in [-0.2, -0.15) is 0 Å². The second-order valence-electron chi connectivity index (χ2n) is 22.7. The molecule has 3 aromatic carbocycles. The minimum Gasteiger partial charge on any atom is -0.489 e. The largest absolute Gasteiger partial charge is 0.489 e. The first-order valence-electron chi connectivity index (χ1n) is 29.6. The van der Waals surface area contributed by atoms with E-state index in [1.165, 1.54) is 35.9 Å². The number of aliphatic hydroxyl groups excluding tert-OH is 1. The van der Waals surface area contributed by atoms with Gasteiger partial charge in [0.2, 0.25) is 23.6 Å². The Labute approximate surface area is 510 Å². The number of carbonyl (C=O) groups excluding carboxylic acids is 4. The highest BCUT2D eigenvalue weighted by atomic mass is 35.5. The molecular weight excluding hydrogens is 1140 g/mol. The van der Waals surface area contributed by atoms with Crippen LogP contribution in [0.15, 0.2) is 84.8 Å². The molecule has 0 aliphatic carbocycles. The number of likely N-dealkylation sites (tertiary alicyclic amines) is 2. The van der Waals surface area contributed by atoms with Crippen LogP contribution >= 0.6 is 22.9 Å². The van der Waals surface area contributed by atoms with Crippen LogP contribution in [0.5, 0.6) is 5.75 Å². The van der Waals surface area contributed by atoms with E-state index in [2.05, 4.69) is 51.4 Å². The monoisotopic (exact) mass is 1220 g/mol. The van der Waals surface area contributed by atoms with E-state index in [0.717, 1.165) is 73.3 Å². The third-order valence-corrected chi connectivity index (χ3v) is 16.1. The van der Waals surface area contributed by atoms with Gasteiger partial charge in [-0.25, -0.2) is 19.3 Å². The van der Waals surface area contributed by atoms with Gasteiger partial charge in [0.1, 0.15) is 48.1 Å². The van der Waals surface area contributed by atoms with Crippen molar-refractivity contribution in [2.45, 2.75) is 130 Å². The molecule has 0 radical (unpaired) electrons. The number of benzene rings is 3. The zero-order chi connectivity index (χ0) is 60.8. The lowest BCUT2D eigenvalue weighted by atomic mass is 9.85. The van der Waals surface area contributed by atoms with Gasteiger partial charge in [0.15, 0.2) is 0 Å². The number of rotatable bonds is 32. The second kappa shape index (κ2) is 32.7. The van der Waals surface area contributed by atoms with Gasteiger partial charge in [0.25, 0.3) is 0 Å². The molecule has 5 N–H and O–H groups in total. The topological polar surface area (TPSA) is 249 Å². The summed E-state index contributed by atoms with van der Waals surface area (Å²) in [5.74, 6) is -0.974. The molecule has 0 spiro atoms. The van der Waals surface area contributed by atoms with Crippen molar-refractivity contribution in [3.05, 3.63) is 113 Å². The molecule has 8 rings (SSSR count). The van der Waals surface area contributed by atoms with Crippen LogP contribution in [0.25, 0.3) is 21.3 Å². The smallest absolute Gasteiger partial charge is 0.248 e. The van der Waals surface area contributed by atoms with E-state index in [1.54, 1.807) is 34.2 Å². The highest BCUT2D eigenvalue weighted by Crippen LogP contribution is 2.35. The van der Waals surface area contributed by atoms with Gasteiger partial charge in [-0.05, 0) is 86.5 Å². The highest BCUT2D eigenvalue weighted by molar-refractivity contribution is 7.13. The molecule has 4 amide bonds. The van der Waals surface area contributed by atoms with Crippen LogP contribution in [-0.4, -0.2) is 152 Å². The van der Waals surface area contributed by atoms with E-state index >= 15 is 0 Å². The summed E-state index contributed by atoms with van der Waals surface area (Å²) in [4.78, 5) is 72.0. The highest BCUT2D eigenvalue weighted by Gasteiger charge is 2.44. The molecule has 5 heterocycles. The number of halogens is 2. The summed E-state index contributed by atoms with van der Waals surface area (Å²) in [5.41, 5.74) is 6.30. The maximum absolute atomic E-state index is 14.1. The summed E-state index contributed by atoms with van der Waals surface area (Å²) in [7, 11) is 0. The van der Waals surface area contributed by atoms with Crippen molar-refractivity contribution >= 4 is 74.7 Å². The van der Waals surface area contributed by atoms with Crippen molar-refractivity contribution in [2.75, 3.05) is 76.5 Å². The molecule has 6 aromatic rings. The minimum absolute atomic E-state index is 0.0144. The minimum atomic E-state index is -0.878. The number of aromatic nitrogens is 6. The first-order valence-corrected chi connectivity index (χ1v) is 30.8. The normalized spacial score (nSPS) is 16.0. The van der Waals surface area contributed by atoms with Gasteiger partial charge < -0.3 is 50.2 Å². The molecule has 24 heteroatoms. The number of fused-ring (bicyclic) bond motifs is 1. The van der Waals surface area contributed by atoms with Crippen LogP contribution in [0.4, 0.5) is 21.6 Å². The Bertz CT molecular complexity index is 3210. The SMILES string of the molecule is Cc1ncsc1-c1ccc(CNC(=O)[C@@H]2C[C@@H](O)CN2C(=O)[C@@H](NC(=O)CCCCCCCn2cc(COCCOCCOCCOc3cc4ncnc(Nc5ccc(F)c(Cl)c5)c4cc3NC(=O)/C=C/CN3CCCCC3)nn2)C(C)(C)C)cc1. The van der Waals surface area contributed by atoms with Crippen molar-refractivity contribution in [2.24, 2.45) is 5.41 Å². The standard InChI is InChI=1S/C62H80ClFN12O9S/c1-42-57(86-41-68-42)44-18-16-43(17-19-44)36-65-60(80)53-33-47(77)38-76(53)61(81)58(62(2,3)4)71-56(79)14-9-6-5-7-12-25-75-37-46(72-73-75)39-84-29-28-82-26-27-83-30-31-85-54-35-51-48(59(67-40-66-51)69-45-20-21-50(64)49(63)32-45)34-52(54)70-55(78)15-13-24-74-22-10-8-11-23-74/h13,15-21,32,34-35,37,40-41,47,53,58,77H,5-12,14,22-31,33,36,38-39H2,1-4H3,(H,65,80)(H,70,78)(H,71,79)(H,66,67,69)/b15-13+/t47-,53+,58-/m1/s1. The van der Waals surface area contributed by atoms with E-state index in [4.69, 9.17) is 30.5 Å². The quantitative estimate of drug-likeness (QED) is 0.0195. The van der Waals surface area contributed by atoms with Gasteiger partial charge in [-0.3, -0.25) is 28.8 Å². The van der Waals surface area contributed by atoms with Gasteiger partial charge in [-0.1, -0.05) is 93.6 Å². The fourth-order valence-electron chi connectivity index (χ4n) is 10.2. The molecule has 0 bridgehead atoms. The number of thiazole rings is 1. The Morgan fingerprint density at radius 2 is 1.64 bits per heavy atom. The molecular formula is C62H80ClFN12O9S. The number of hydrogen-bond acceptors (Lipinski definition) is 17. The first kappa shape index (κ1) is 65.0. The van der Waals surface area contributed by atoms with Crippen molar-refractivity contribution in [3.63, 3.8) is 0 Å². The number of aryl methyl sites for hydroxylation is 2. The molecule has 3 atom stereocenters. The van der Waals surface area contributed by atoms with Gasteiger partial charge in [0.05, 0.1) is 84.3 Å². The zero-order valence-corrected chi connectivity index (χ0v) is 51.1. The summed E-state index contributed by atoms with van der Waals surface area (Å²) in [6.07, 6.45) is 14.0. The molecule has 0 unspecified atom stereocenters. The van der Waals surface area contributed by atoms with Crippen LogP contribution < -0.4 is 26.0 Å². The molecule has 2 aliphatic heterocycles. The zero-order valence-electron chi connectivity index (χ0n) is 49.5. The van der Waals surface area contributed by atoms with Crippen LogP contribution in [0.1, 0.15) is 102 Å². The fourth-order valence-corrected chi connectivity index (χ4v) is 11.2. The van der Waals surface area contributed by atoms with Crippen molar-refractivity contribution in [1.29, 1.82) is 0 Å². The Morgan fingerprint density at radius 3 is 2.38 bits per heavy atom. The van der Waals surface area contributed by atoms with E-state index < -0.39 is 29.4 Å². The Balaban J connectivity index is 0.672. The average Bonchev–Trinajstić information content (AvgIpc) is 4.34. The van der Waals surface area contributed by atoms with E-state index in [0.29, 0.717) is 92.1 Å². The van der Waals surface area contributed by atoms with Crippen molar-refractivity contribution in [1.82, 2.24) is 50.4 Å². The molecule has 2 aliphatic rings. The number of nitrogens with one attached hydrogen (secondary N) is 4. The first-order chi connectivity index (χ1) is 41.6. The van der Waals surface area contributed by atoms with Gasteiger partial charge in [0, 0.05) is 62.2 Å². The molecule has 86 heavy (non-hydrogen) atoms. The third kappa shape index (κ3) is 19.8. The van der Waals surface area contributed by atoms with Gasteiger partial charge >= 0.3 is 0 Å². The lowest BCUT2D eigenvalue weighted by molar-refractivity contribution is -0.144. The summed E-state index contributed by atoms with van der Waals surface area (Å²) in [6.45, 7) is 13.4. The van der Waals surface area contributed by atoms with E-state index in [-0.39, 0.29) is 67.8 Å². The Hall–Kier alpha value is -6.99. The molecule has 2 saturated heterocycles. The second-order valence-corrected chi connectivity index (χ2v) is 23.9. The number of hydrogen-bond donors (Lipinski definition) is 5. The molecule has 3 aromatic heterocycles.